The number of pyridine rings is 1. The van der Waals surface area contributed by atoms with Crippen LogP contribution in [0.3, 0.4) is 0 Å². The predicted molar refractivity (Wildman–Crippen MR) is 138 cm³/mol. The first-order chi connectivity index (χ1) is 17.6. The fraction of sp³-hybridized carbons (Fsp3) is 0.357. The molecule has 2 heterocycles. The second kappa shape index (κ2) is 11.9. The number of hydrogen-bond donors (Lipinski definition) is 1. The Kier molecular flexibility index (Phi) is 8.40. The number of hydrogen-bond acceptors (Lipinski definition) is 6. The third-order valence-electron chi connectivity index (χ3n) is 6.28. The van der Waals surface area contributed by atoms with Gasteiger partial charge in [-0.2, -0.15) is 0 Å². The maximum Gasteiger partial charge on any atom is 0.277 e. The minimum atomic E-state index is -0.417. The quantitative estimate of drug-likeness (QED) is 0.415. The zero-order valence-electron chi connectivity index (χ0n) is 20.8. The number of carbonyl (C=O) groups is 1. The largest absolute Gasteiger partial charge is 0.487 e. The third kappa shape index (κ3) is 5.15. The summed E-state index contributed by atoms with van der Waals surface area (Å²) in [7, 11) is 1.59. The SMILES string of the molecule is CCCCOc1c2n(c(CO)cc1=O)N(C(c1ccccc1)c1ccccc1)CN(CCOC)C2=O. The Balaban J connectivity index is 1.96. The van der Waals surface area contributed by atoms with Crippen LogP contribution in [0.4, 0.5) is 0 Å². The molecule has 1 amide bonds. The lowest BCUT2D eigenvalue weighted by Crippen LogP contribution is -2.57. The maximum atomic E-state index is 13.8. The van der Waals surface area contributed by atoms with Crippen molar-refractivity contribution in [2.24, 2.45) is 0 Å². The summed E-state index contributed by atoms with van der Waals surface area (Å²) in [6, 6.07) is 21.0. The number of amides is 1. The molecule has 0 bridgehead atoms. The van der Waals surface area contributed by atoms with Crippen molar-refractivity contribution in [2.75, 3.05) is 38.5 Å². The van der Waals surface area contributed by atoms with Crippen molar-refractivity contribution in [3.63, 3.8) is 0 Å². The smallest absolute Gasteiger partial charge is 0.277 e. The molecule has 8 heteroatoms. The summed E-state index contributed by atoms with van der Waals surface area (Å²) in [5, 5.41) is 12.3. The molecule has 0 aliphatic carbocycles. The minimum absolute atomic E-state index is 0.0117. The van der Waals surface area contributed by atoms with Crippen LogP contribution in [0.25, 0.3) is 0 Å². The monoisotopic (exact) mass is 491 g/mol. The molecule has 0 atom stereocenters. The van der Waals surface area contributed by atoms with Crippen LogP contribution in [0, 0.1) is 0 Å². The van der Waals surface area contributed by atoms with Crippen LogP contribution in [-0.2, 0) is 11.3 Å². The Bertz CT molecular complexity index is 1170. The fourth-order valence-electron chi connectivity index (χ4n) is 4.52. The van der Waals surface area contributed by atoms with Crippen LogP contribution in [0.15, 0.2) is 71.5 Å². The average Bonchev–Trinajstić information content (AvgIpc) is 2.91. The normalized spacial score (nSPS) is 13.3. The Hall–Kier alpha value is -3.62. The van der Waals surface area contributed by atoms with Crippen LogP contribution in [0.5, 0.6) is 5.75 Å². The van der Waals surface area contributed by atoms with Crippen molar-refractivity contribution in [2.45, 2.75) is 32.4 Å². The lowest BCUT2D eigenvalue weighted by atomic mass is 9.98. The Morgan fingerprint density at radius 2 is 1.61 bits per heavy atom. The molecular weight excluding hydrogens is 458 g/mol. The molecule has 4 rings (SSSR count). The van der Waals surface area contributed by atoms with Gasteiger partial charge in [0.15, 0.2) is 11.4 Å². The van der Waals surface area contributed by atoms with Gasteiger partial charge in [0.25, 0.3) is 5.91 Å². The van der Waals surface area contributed by atoms with E-state index in [2.05, 4.69) is 0 Å². The first-order valence-corrected chi connectivity index (χ1v) is 12.3. The number of aliphatic hydroxyl groups excluding tert-OH is 1. The molecule has 0 spiro atoms. The van der Waals surface area contributed by atoms with Crippen molar-refractivity contribution < 1.29 is 19.4 Å². The van der Waals surface area contributed by atoms with Gasteiger partial charge in [0, 0.05) is 19.7 Å². The van der Waals surface area contributed by atoms with Crippen molar-refractivity contribution in [1.82, 2.24) is 9.58 Å². The number of aromatic nitrogens is 1. The molecule has 190 valence electrons. The van der Waals surface area contributed by atoms with Crippen molar-refractivity contribution in [3.8, 4) is 5.75 Å². The van der Waals surface area contributed by atoms with Gasteiger partial charge in [0.2, 0.25) is 5.43 Å². The number of aliphatic hydroxyl groups is 1. The summed E-state index contributed by atoms with van der Waals surface area (Å²) < 4.78 is 12.9. The second-order valence-corrected chi connectivity index (χ2v) is 8.72. The second-order valence-electron chi connectivity index (χ2n) is 8.72. The molecular formula is C28H33N3O5. The van der Waals surface area contributed by atoms with Crippen LogP contribution in [0.1, 0.15) is 53.1 Å². The number of ether oxygens (including phenoxy) is 2. The predicted octanol–water partition coefficient (Wildman–Crippen LogP) is 3.31. The molecule has 2 aromatic carbocycles. The number of unbranched alkanes of at least 4 members (excludes halogenated alkanes) is 1. The molecule has 0 radical (unpaired) electrons. The molecule has 0 saturated carbocycles. The van der Waals surface area contributed by atoms with Crippen LogP contribution >= 0.6 is 0 Å². The highest BCUT2D eigenvalue weighted by molar-refractivity contribution is 5.96. The van der Waals surface area contributed by atoms with Crippen LogP contribution in [-0.4, -0.2) is 54.1 Å². The third-order valence-corrected chi connectivity index (χ3v) is 6.28. The Morgan fingerprint density at radius 1 is 0.972 bits per heavy atom. The van der Waals surface area contributed by atoms with Gasteiger partial charge in [-0.1, -0.05) is 74.0 Å². The molecule has 0 saturated heterocycles. The van der Waals surface area contributed by atoms with Gasteiger partial charge in [-0.05, 0) is 17.5 Å². The lowest BCUT2D eigenvalue weighted by molar-refractivity contribution is 0.0606. The van der Waals surface area contributed by atoms with E-state index >= 15 is 0 Å². The molecule has 1 aromatic heterocycles. The molecule has 1 aliphatic rings. The number of methoxy groups -OCH3 is 1. The molecule has 36 heavy (non-hydrogen) atoms. The summed E-state index contributed by atoms with van der Waals surface area (Å²) in [6.45, 7) is 2.86. The highest BCUT2D eigenvalue weighted by Gasteiger charge is 2.38. The maximum absolute atomic E-state index is 13.8. The van der Waals surface area contributed by atoms with E-state index in [1.54, 1.807) is 16.7 Å². The van der Waals surface area contributed by atoms with Crippen LogP contribution < -0.4 is 15.2 Å². The molecule has 1 aliphatic heterocycles. The number of fused-ring (bicyclic) bond motifs is 1. The van der Waals surface area contributed by atoms with E-state index < -0.39 is 12.0 Å². The molecule has 8 nitrogen and oxygen atoms in total. The number of nitrogens with zero attached hydrogens (tertiary/aromatic N) is 3. The van der Waals surface area contributed by atoms with Gasteiger partial charge in [0.05, 0.1) is 31.6 Å². The van der Waals surface area contributed by atoms with Gasteiger partial charge in [-0.25, -0.2) is 4.68 Å². The Morgan fingerprint density at radius 3 is 2.17 bits per heavy atom. The van der Waals surface area contributed by atoms with Gasteiger partial charge in [0.1, 0.15) is 6.67 Å². The fourth-order valence-corrected chi connectivity index (χ4v) is 4.52. The van der Waals surface area contributed by atoms with E-state index in [-0.39, 0.29) is 30.1 Å². The highest BCUT2D eigenvalue weighted by atomic mass is 16.5. The Labute approximate surface area is 211 Å². The zero-order chi connectivity index (χ0) is 25.5. The van der Waals surface area contributed by atoms with Gasteiger partial charge in [-0.15, -0.1) is 0 Å². The number of rotatable bonds is 11. The summed E-state index contributed by atoms with van der Waals surface area (Å²) >= 11 is 0. The molecule has 0 unspecified atom stereocenters. The van der Waals surface area contributed by atoms with E-state index in [1.165, 1.54) is 6.07 Å². The summed E-state index contributed by atoms with van der Waals surface area (Å²) in [4.78, 5) is 28.5. The first kappa shape index (κ1) is 25.5. The standard InChI is InChI=1S/C28H33N3O5/c1-3-4-16-36-27-24(33)18-23(19-32)31-26(27)28(34)29(15-17-35-2)20-30(31)25(21-11-7-5-8-12-21)22-13-9-6-10-14-22/h5-14,18,25,32H,3-4,15-17,19-20H2,1-2H3. The van der Waals surface area contributed by atoms with Crippen molar-refractivity contribution in [1.29, 1.82) is 0 Å². The summed E-state index contributed by atoms with van der Waals surface area (Å²) in [6.07, 6.45) is 1.64. The van der Waals surface area contributed by atoms with E-state index in [1.807, 2.05) is 72.6 Å². The number of benzene rings is 2. The number of carbonyl (C=O) groups excluding carboxylic acids is 1. The van der Waals surface area contributed by atoms with E-state index in [0.29, 0.717) is 25.5 Å². The zero-order valence-corrected chi connectivity index (χ0v) is 20.8. The summed E-state index contributed by atoms with van der Waals surface area (Å²) in [5.41, 5.74) is 2.05. The average molecular weight is 492 g/mol. The minimum Gasteiger partial charge on any atom is -0.487 e. The van der Waals surface area contributed by atoms with Gasteiger partial charge in [-0.3, -0.25) is 14.6 Å². The van der Waals surface area contributed by atoms with Gasteiger partial charge < -0.3 is 19.5 Å². The molecule has 3 aromatic rings. The van der Waals surface area contributed by atoms with E-state index in [4.69, 9.17) is 9.47 Å². The van der Waals surface area contributed by atoms with E-state index in [0.717, 1.165) is 24.0 Å². The van der Waals surface area contributed by atoms with Gasteiger partial charge >= 0.3 is 0 Å². The van der Waals surface area contributed by atoms with Crippen LogP contribution in [0.2, 0.25) is 0 Å². The first-order valence-electron chi connectivity index (χ1n) is 12.3. The lowest BCUT2D eigenvalue weighted by Gasteiger charge is -2.45. The van der Waals surface area contributed by atoms with E-state index in [9.17, 15) is 14.7 Å². The topological polar surface area (TPSA) is 84.2 Å². The molecule has 0 fully saturated rings. The van der Waals surface area contributed by atoms with Crippen molar-refractivity contribution in [3.05, 3.63) is 99.5 Å². The molecule has 1 N–H and O–H groups in total. The summed E-state index contributed by atoms with van der Waals surface area (Å²) in [5.74, 6) is -0.320. The highest BCUT2D eigenvalue weighted by Crippen LogP contribution is 2.33. The van der Waals surface area contributed by atoms with Crippen molar-refractivity contribution >= 4 is 5.91 Å².